The van der Waals surface area contributed by atoms with E-state index < -0.39 is 0 Å². The molecule has 0 bridgehead atoms. The topological polar surface area (TPSA) is 83.0 Å². The van der Waals surface area contributed by atoms with Crippen LogP contribution in [0, 0.1) is 11.8 Å². The third-order valence-electron chi connectivity index (χ3n) is 6.21. The SMILES string of the molecule is CCOC(=O)[C@H]1CCCN(C(=O)C2CCN(c3ccc4cccc(O)c4n3)CC2)C1. The van der Waals surface area contributed by atoms with Gasteiger partial charge in [-0.05, 0) is 50.8 Å². The van der Waals surface area contributed by atoms with Crippen molar-refractivity contribution < 1.29 is 19.4 Å². The smallest absolute Gasteiger partial charge is 0.310 e. The van der Waals surface area contributed by atoms with Crippen LogP contribution >= 0.6 is 0 Å². The zero-order chi connectivity index (χ0) is 21.1. The molecule has 2 aliphatic rings. The molecule has 2 aliphatic heterocycles. The average molecular weight is 412 g/mol. The fourth-order valence-corrected chi connectivity index (χ4v) is 4.54. The first-order chi connectivity index (χ1) is 14.6. The van der Waals surface area contributed by atoms with Crippen molar-refractivity contribution >= 4 is 28.6 Å². The number of rotatable bonds is 4. The number of ether oxygens (including phenoxy) is 1. The monoisotopic (exact) mass is 411 g/mol. The molecule has 160 valence electrons. The zero-order valence-electron chi connectivity index (χ0n) is 17.4. The number of hydrogen-bond acceptors (Lipinski definition) is 6. The van der Waals surface area contributed by atoms with Crippen molar-refractivity contribution in [1.82, 2.24) is 9.88 Å². The highest BCUT2D eigenvalue weighted by atomic mass is 16.5. The van der Waals surface area contributed by atoms with Crippen LogP contribution < -0.4 is 4.90 Å². The van der Waals surface area contributed by atoms with E-state index in [4.69, 9.17) is 4.74 Å². The largest absolute Gasteiger partial charge is 0.506 e. The van der Waals surface area contributed by atoms with Gasteiger partial charge in [0.1, 0.15) is 17.1 Å². The molecule has 2 fully saturated rings. The van der Waals surface area contributed by atoms with Gasteiger partial charge in [0.2, 0.25) is 5.91 Å². The average Bonchev–Trinajstić information content (AvgIpc) is 2.79. The van der Waals surface area contributed by atoms with Crippen LogP contribution in [0.1, 0.15) is 32.6 Å². The molecule has 0 spiro atoms. The van der Waals surface area contributed by atoms with Gasteiger partial charge in [-0.15, -0.1) is 0 Å². The maximum atomic E-state index is 13.0. The number of fused-ring (bicyclic) bond motifs is 1. The van der Waals surface area contributed by atoms with E-state index in [9.17, 15) is 14.7 Å². The van der Waals surface area contributed by atoms with Crippen LogP contribution in [0.4, 0.5) is 5.82 Å². The molecule has 0 aliphatic carbocycles. The van der Waals surface area contributed by atoms with Crippen LogP contribution in [-0.2, 0) is 14.3 Å². The molecular weight excluding hydrogens is 382 g/mol. The molecule has 2 saturated heterocycles. The van der Waals surface area contributed by atoms with Crippen molar-refractivity contribution in [2.45, 2.75) is 32.6 Å². The second-order valence-corrected chi connectivity index (χ2v) is 8.16. The Labute approximate surface area is 176 Å². The van der Waals surface area contributed by atoms with Crippen LogP contribution in [0.25, 0.3) is 10.9 Å². The van der Waals surface area contributed by atoms with Crippen LogP contribution in [0.3, 0.4) is 0 Å². The number of esters is 1. The maximum Gasteiger partial charge on any atom is 0.310 e. The van der Waals surface area contributed by atoms with Crippen LogP contribution in [-0.4, -0.2) is 59.7 Å². The van der Waals surface area contributed by atoms with Gasteiger partial charge in [-0.25, -0.2) is 4.98 Å². The number of carbonyl (C=O) groups is 2. The van der Waals surface area contributed by atoms with Gasteiger partial charge in [-0.2, -0.15) is 0 Å². The summed E-state index contributed by atoms with van der Waals surface area (Å²) >= 11 is 0. The normalized spacial score (nSPS) is 20.4. The quantitative estimate of drug-likeness (QED) is 0.779. The summed E-state index contributed by atoms with van der Waals surface area (Å²) in [6, 6.07) is 9.32. The molecule has 1 atom stereocenters. The number of phenolic OH excluding ortho intramolecular Hbond substituents is 1. The van der Waals surface area contributed by atoms with Crippen LogP contribution in [0.15, 0.2) is 30.3 Å². The number of carbonyl (C=O) groups excluding carboxylic acids is 2. The van der Waals surface area contributed by atoms with E-state index in [2.05, 4.69) is 9.88 Å². The highest BCUT2D eigenvalue weighted by Gasteiger charge is 2.34. The molecule has 7 heteroatoms. The van der Waals surface area contributed by atoms with Gasteiger partial charge in [0.25, 0.3) is 0 Å². The number of piperidine rings is 2. The van der Waals surface area contributed by atoms with Crippen molar-refractivity contribution in [2.24, 2.45) is 11.8 Å². The minimum Gasteiger partial charge on any atom is -0.506 e. The van der Waals surface area contributed by atoms with Crippen molar-refractivity contribution in [3.63, 3.8) is 0 Å². The molecule has 4 rings (SSSR count). The molecule has 0 saturated carbocycles. The van der Waals surface area contributed by atoms with E-state index in [1.807, 2.05) is 36.1 Å². The predicted molar refractivity (Wildman–Crippen MR) is 114 cm³/mol. The lowest BCUT2D eigenvalue weighted by Crippen LogP contribution is -2.47. The lowest BCUT2D eigenvalue weighted by Gasteiger charge is -2.37. The van der Waals surface area contributed by atoms with Crippen molar-refractivity contribution in [2.75, 3.05) is 37.7 Å². The Hall–Kier alpha value is -2.83. The van der Waals surface area contributed by atoms with Gasteiger partial charge in [0.05, 0.1) is 12.5 Å². The number of likely N-dealkylation sites (tertiary alicyclic amines) is 1. The van der Waals surface area contributed by atoms with Crippen molar-refractivity contribution in [1.29, 1.82) is 0 Å². The van der Waals surface area contributed by atoms with Gasteiger partial charge in [-0.3, -0.25) is 9.59 Å². The summed E-state index contributed by atoms with van der Waals surface area (Å²) in [6.45, 7) is 4.88. The molecule has 30 heavy (non-hydrogen) atoms. The van der Waals surface area contributed by atoms with E-state index in [0.717, 1.165) is 56.5 Å². The first-order valence-electron chi connectivity index (χ1n) is 10.9. The van der Waals surface area contributed by atoms with Crippen molar-refractivity contribution in [3.8, 4) is 5.75 Å². The molecule has 7 nitrogen and oxygen atoms in total. The second kappa shape index (κ2) is 8.90. The standard InChI is InChI=1S/C23H29N3O4/c1-2-30-23(29)18-6-4-12-26(15-18)22(28)17-10-13-25(14-11-17)20-9-8-16-5-3-7-19(27)21(16)24-20/h3,5,7-9,17-18,27H,2,4,6,10-15H2,1H3/t18-/m0/s1. The third kappa shape index (κ3) is 4.20. The summed E-state index contributed by atoms with van der Waals surface area (Å²) in [5, 5.41) is 11.0. The Kier molecular flexibility index (Phi) is 6.06. The number of anilines is 1. The molecule has 1 amide bonds. The van der Waals surface area contributed by atoms with E-state index in [0.29, 0.717) is 18.7 Å². The number of benzene rings is 1. The molecular formula is C23H29N3O4. The Morgan fingerprint density at radius 3 is 2.67 bits per heavy atom. The molecule has 0 radical (unpaired) electrons. The van der Waals surface area contributed by atoms with E-state index in [1.54, 1.807) is 6.07 Å². The Balaban J connectivity index is 1.37. The van der Waals surface area contributed by atoms with E-state index >= 15 is 0 Å². The second-order valence-electron chi connectivity index (χ2n) is 8.16. The summed E-state index contributed by atoms with van der Waals surface area (Å²) in [5.41, 5.74) is 0.603. The number of aromatic hydroxyl groups is 1. The highest BCUT2D eigenvalue weighted by Crippen LogP contribution is 2.29. The van der Waals surface area contributed by atoms with E-state index in [1.165, 1.54) is 0 Å². The molecule has 2 aromatic rings. The van der Waals surface area contributed by atoms with E-state index in [-0.39, 0.29) is 29.5 Å². The Morgan fingerprint density at radius 2 is 1.90 bits per heavy atom. The summed E-state index contributed by atoms with van der Waals surface area (Å²) in [4.78, 5) is 33.8. The first-order valence-corrected chi connectivity index (χ1v) is 10.9. The predicted octanol–water partition coefficient (Wildman–Crippen LogP) is 2.96. The number of phenols is 1. The summed E-state index contributed by atoms with van der Waals surface area (Å²) in [6.07, 6.45) is 3.17. The number of hydrogen-bond donors (Lipinski definition) is 1. The fourth-order valence-electron chi connectivity index (χ4n) is 4.54. The lowest BCUT2D eigenvalue weighted by atomic mass is 9.92. The number of aromatic nitrogens is 1. The van der Waals surface area contributed by atoms with Gasteiger partial charge < -0.3 is 19.6 Å². The molecule has 1 N–H and O–H groups in total. The zero-order valence-corrected chi connectivity index (χ0v) is 17.4. The van der Waals surface area contributed by atoms with Gasteiger partial charge in [0.15, 0.2) is 0 Å². The Morgan fingerprint density at radius 1 is 1.10 bits per heavy atom. The molecule has 1 aromatic carbocycles. The fraction of sp³-hybridized carbons (Fsp3) is 0.522. The van der Waals surface area contributed by atoms with Crippen molar-refractivity contribution in [3.05, 3.63) is 30.3 Å². The first kappa shape index (κ1) is 20.4. The summed E-state index contributed by atoms with van der Waals surface area (Å²) in [7, 11) is 0. The number of para-hydroxylation sites is 1. The van der Waals surface area contributed by atoms with Gasteiger partial charge in [0, 0.05) is 37.5 Å². The van der Waals surface area contributed by atoms with Gasteiger partial charge >= 0.3 is 5.97 Å². The summed E-state index contributed by atoms with van der Waals surface area (Å²) in [5.74, 6) is 0.771. The molecule has 0 unspecified atom stereocenters. The maximum absolute atomic E-state index is 13.0. The number of nitrogens with zero attached hydrogens (tertiary/aromatic N) is 3. The number of amides is 1. The minimum atomic E-state index is -0.197. The van der Waals surface area contributed by atoms with Crippen LogP contribution in [0.2, 0.25) is 0 Å². The third-order valence-corrected chi connectivity index (χ3v) is 6.21. The number of pyridine rings is 1. The highest BCUT2D eigenvalue weighted by molar-refractivity contribution is 5.85. The lowest BCUT2D eigenvalue weighted by molar-refractivity contribution is -0.152. The van der Waals surface area contributed by atoms with Gasteiger partial charge in [-0.1, -0.05) is 12.1 Å². The molecule has 1 aromatic heterocycles. The minimum absolute atomic E-state index is 0.0175. The van der Waals surface area contributed by atoms with Crippen LogP contribution in [0.5, 0.6) is 5.75 Å². The molecule has 3 heterocycles. The Bertz CT molecular complexity index is 924. The summed E-state index contributed by atoms with van der Waals surface area (Å²) < 4.78 is 5.15.